The van der Waals surface area contributed by atoms with E-state index in [9.17, 15) is 9.59 Å². The number of hydrogen-bond donors (Lipinski definition) is 0. The van der Waals surface area contributed by atoms with Gasteiger partial charge in [-0.2, -0.15) is 0 Å². The SMILES string of the molecule is CCN(C(=O)C(c1ccccc1)N(C)C)[C@H](C)C(C)=O. The molecule has 0 fully saturated rings. The van der Waals surface area contributed by atoms with E-state index < -0.39 is 6.04 Å². The fourth-order valence-electron chi connectivity index (χ4n) is 2.29. The summed E-state index contributed by atoms with van der Waals surface area (Å²) in [6.07, 6.45) is 0. The van der Waals surface area contributed by atoms with Gasteiger partial charge >= 0.3 is 0 Å². The zero-order valence-electron chi connectivity index (χ0n) is 13.0. The average Bonchev–Trinajstić information content (AvgIpc) is 2.40. The van der Waals surface area contributed by atoms with Crippen LogP contribution in [0.4, 0.5) is 0 Å². The molecule has 0 aromatic heterocycles. The van der Waals surface area contributed by atoms with E-state index in [1.807, 2.05) is 56.3 Å². The molecule has 0 saturated heterocycles. The highest BCUT2D eigenvalue weighted by molar-refractivity contribution is 5.90. The quantitative estimate of drug-likeness (QED) is 0.799. The molecule has 0 aliphatic heterocycles. The predicted molar refractivity (Wildman–Crippen MR) is 80.4 cm³/mol. The maximum atomic E-state index is 12.8. The average molecular weight is 276 g/mol. The standard InChI is InChI=1S/C16H24N2O2/c1-6-18(12(2)13(3)19)16(20)15(17(4)5)14-10-8-7-9-11-14/h7-12,15H,6H2,1-5H3/t12-,15?/m1/s1. The number of Topliss-reactive ketones (excluding diaryl/α,β-unsaturated/α-hetero) is 1. The van der Waals surface area contributed by atoms with Crippen LogP contribution in [0, 0.1) is 0 Å². The maximum absolute atomic E-state index is 12.8. The number of benzene rings is 1. The van der Waals surface area contributed by atoms with E-state index in [-0.39, 0.29) is 17.7 Å². The van der Waals surface area contributed by atoms with Gasteiger partial charge in [-0.1, -0.05) is 30.3 Å². The van der Waals surface area contributed by atoms with Crippen molar-refractivity contribution in [2.24, 2.45) is 0 Å². The molecular weight excluding hydrogens is 252 g/mol. The van der Waals surface area contributed by atoms with Crippen molar-refractivity contribution in [2.45, 2.75) is 32.9 Å². The van der Waals surface area contributed by atoms with Gasteiger partial charge < -0.3 is 4.90 Å². The molecule has 4 heteroatoms. The summed E-state index contributed by atoms with van der Waals surface area (Å²) in [4.78, 5) is 27.9. The highest BCUT2D eigenvalue weighted by Gasteiger charge is 2.30. The predicted octanol–water partition coefficient (Wildman–Crippen LogP) is 2.12. The molecule has 2 atom stereocenters. The summed E-state index contributed by atoms with van der Waals surface area (Å²) in [6, 6.07) is 8.89. The normalized spacial score (nSPS) is 13.9. The zero-order valence-corrected chi connectivity index (χ0v) is 13.0. The third-order valence-corrected chi connectivity index (χ3v) is 3.55. The van der Waals surface area contributed by atoms with Crippen molar-refractivity contribution < 1.29 is 9.59 Å². The van der Waals surface area contributed by atoms with E-state index in [0.29, 0.717) is 6.54 Å². The largest absolute Gasteiger partial charge is 0.332 e. The highest BCUT2D eigenvalue weighted by atomic mass is 16.2. The Morgan fingerprint density at radius 1 is 1.15 bits per heavy atom. The van der Waals surface area contributed by atoms with Crippen molar-refractivity contribution in [3.8, 4) is 0 Å². The van der Waals surface area contributed by atoms with Crippen LogP contribution < -0.4 is 0 Å². The second-order valence-corrected chi connectivity index (χ2v) is 5.19. The Hall–Kier alpha value is -1.68. The second-order valence-electron chi connectivity index (χ2n) is 5.19. The van der Waals surface area contributed by atoms with E-state index in [2.05, 4.69) is 0 Å². The number of hydrogen-bond acceptors (Lipinski definition) is 3. The lowest BCUT2D eigenvalue weighted by atomic mass is 10.0. The van der Waals surface area contributed by atoms with Gasteiger partial charge in [-0.05, 0) is 40.4 Å². The Balaban J connectivity index is 3.08. The van der Waals surface area contributed by atoms with Crippen LogP contribution in [-0.4, -0.2) is 48.2 Å². The van der Waals surface area contributed by atoms with Gasteiger partial charge in [0.25, 0.3) is 0 Å². The van der Waals surface area contributed by atoms with Crippen LogP contribution >= 0.6 is 0 Å². The molecule has 4 nitrogen and oxygen atoms in total. The Bertz CT molecular complexity index is 457. The van der Waals surface area contributed by atoms with Gasteiger partial charge in [-0.3, -0.25) is 14.5 Å². The van der Waals surface area contributed by atoms with Crippen LogP contribution in [0.2, 0.25) is 0 Å². The van der Waals surface area contributed by atoms with Crippen molar-refractivity contribution in [1.29, 1.82) is 0 Å². The molecule has 0 spiro atoms. The van der Waals surface area contributed by atoms with E-state index in [1.54, 1.807) is 11.8 Å². The van der Waals surface area contributed by atoms with E-state index in [0.717, 1.165) is 5.56 Å². The minimum atomic E-state index is -0.390. The lowest BCUT2D eigenvalue weighted by molar-refractivity contribution is -0.142. The molecule has 1 aromatic rings. The van der Waals surface area contributed by atoms with Gasteiger partial charge in [0.15, 0.2) is 5.78 Å². The lowest BCUT2D eigenvalue weighted by Crippen LogP contribution is -2.47. The Morgan fingerprint density at radius 3 is 2.10 bits per heavy atom. The summed E-state index contributed by atoms with van der Waals surface area (Å²) in [5.74, 6) is -0.0304. The minimum Gasteiger partial charge on any atom is -0.332 e. The van der Waals surface area contributed by atoms with Gasteiger partial charge in [-0.15, -0.1) is 0 Å². The Kier molecular flexibility index (Phi) is 5.89. The maximum Gasteiger partial charge on any atom is 0.245 e. The molecule has 1 aromatic carbocycles. The first kappa shape index (κ1) is 16.4. The molecule has 0 aliphatic carbocycles. The summed E-state index contributed by atoms with van der Waals surface area (Å²) < 4.78 is 0. The summed E-state index contributed by atoms with van der Waals surface area (Å²) in [7, 11) is 3.75. The Morgan fingerprint density at radius 2 is 1.70 bits per heavy atom. The molecule has 110 valence electrons. The van der Waals surface area contributed by atoms with Crippen molar-refractivity contribution in [3.63, 3.8) is 0 Å². The number of carbonyl (C=O) groups is 2. The fraction of sp³-hybridized carbons (Fsp3) is 0.500. The smallest absolute Gasteiger partial charge is 0.245 e. The van der Waals surface area contributed by atoms with Crippen LogP contribution in [-0.2, 0) is 9.59 Å². The summed E-state index contributed by atoms with van der Waals surface area (Å²) in [6.45, 7) is 5.72. The van der Waals surface area contributed by atoms with E-state index in [1.165, 1.54) is 6.92 Å². The first-order valence-corrected chi connectivity index (χ1v) is 6.92. The summed E-state index contributed by atoms with van der Waals surface area (Å²) in [5, 5.41) is 0. The molecule has 0 N–H and O–H groups in total. The molecule has 0 saturated carbocycles. The molecule has 0 bridgehead atoms. The van der Waals surface area contributed by atoms with Crippen molar-refractivity contribution >= 4 is 11.7 Å². The molecule has 1 amide bonds. The lowest BCUT2D eigenvalue weighted by Gasteiger charge is -2.33. The monoisotopic (exact) mass is 276 g/mol. The number of amides is 1. The van der Waals surface area contributed by atoms with Crippen molar-refractivity contribution in [1.82, 2.24) is 9.80 Å². The third-order valence-electron chi connectivity index (χ3n) is 3.55. The summed E-state index contributed by atoms with van der Waals surface area (Å²) in [5.41, 5.74) is 0.941. The van der Waals surface area contributed by atoms with Gasteiger partial charge in [0, 0.05) is 6.54 Å². The zero-order chi connectivity index (χ0) is 15.3. The topological polar surface area (TPSA) is 40.6 Å². The number of rotatable bonds is 6. The van der Waals surface area contributed by atoms with Crippen LogP contribution in [0.25, 0.3) is 0 Å². The fourth-order valence-corrected chi connectivity index (χ4v) is 2.29. The van der Waals surface area contributed by atoms with E-state index >= 15 is 0 Å². The second kappa shape index (κ2) is 7.20. The molecule has 0 radical (unpaired) electrons. The van der Waals surface area contributed by atoms with Crippen LogP contribution in [0.5, 0.6) is 0 Å². The van der Waals surface area contributed by atoms with Gasteiger partial charge in [0.1, 0.15) is 6.04 Å². The highest BCUT2D eigenvalue weighted by Crippen LogP contribution is 2.22. The number of nitrogens with zero attached hydrogens (tertiary/aromatic N) is 2. The van der Waals surface area contributed by atoms with E-state index in [4.69, 9.17) is 0 Å². The van der Waals surface area contributed by atoms with Gasteiger partial charge in [0.2, 0.25) is 5.91 Å². The van der Waals surface area contributed by atoms with Crippen LogP contribution in [0.3, 0.4) is 0 Å². The molecule has 1 rings (SSSR count). The van der Waals surface area contributed by atoms with Gasteiger partial charge in [-0.25, -0.2) is 0 Å². The molecule has 1 unspecified atom stereocenters. The van der Waals surface area contributed by atoms with Gasteiger partial charge in [0.05, 0.1) is 6.04 Å². The summed E-state index contributed by atoms with van der Waals surface area (Å²) >= 11 is 0. The third kappa shape index (κ3) is 3.67. The first-order chi connectivity index (χ1) is 9.40. The van der Waals surface area contributed by atoms with Crippen molar-refractivity contribution in [2.75, 3.05) is 20.6 Å². The first-order valence-electron chi connectivity index (χ1n) is 6.92. The molecule has 0 aliphatic rings. The molecule has 0 heterocycles. The number of carbonyl (C=O) groups excluding carboxylic acids is 2. The number of likely N-dealkylation sites (N-methyl/N-ethyl adjacent to an activating group) is 2. The van der Waals surface area contributed by atoms with Crippen LogP contribution in [0.15, 0.2) is 30.3 Å². The molecular formula is C16H24N2O2. The Labute approximate surface area is 121 Å². The minimum absolute atomic E-state index is 0.00534. The van der Waals surface area contributed by atoms with Crippen molar-refractivity contribution in [3.05, 3.63) is 35.9 Å². The molecule has 20 heavy (non-hydrogen) atoms. The number of ketones is 1. The van der Waals surface area contributed by atoms with Crippen LogP contribution in [0.1, 0.15) is 32.4 Å².